The lowest BCUT2D eigenvalue weighted by Gasteiger charge is -2.29. The zero-order valence-electron chi connectivity index (χ0n) is 20.9. The molecule has 1 aromatic heterocycles. The van der Waals surface area contributed by atoms with Gasteiger partial charge in [-0.3, -0.25) is 4.90 Å². The second-order valence-electron chi connectivity index (χ2n) is 10.5. The molecule has 1 aliphatic rings. The molecule has 1 N–H and O–H groups in total. The number of thiophene rings is 1. The maximum Gasteiger partial charge on any atom is 0.509 e. The third-order valence-corrected chi connectivity index (χ3v) is 6.21. The number of carbonyl (C=O) groups is 2. The summed E-state index contributed by atoms with van der Waals surface area (Å²) in [4.78, 5) is 27.5. The number of nitrogens with zero attached hydrogens (tertiary/aromatic N) is 2. The van der Waals surface area contributed by atoms with E-state index in [-0.39, 0.29) is 6.54 Å². The number of amides is 1. The number of aliphatic hydroxyl groups is 1. The van der Waals surface area contributed by atoms with E-state index in [2.05, 4.69) is 6.07 Å². The topological polar surface area (TPSA) is 109 Å². The summed E-state index contributed by atoms with van der Waals surface area (Å²) in [7, 11) is 0. The van der Waals surface area contributed by atoms with Crippen LogP contribution in [0.4, 0.5) is 9.59 Å². The Bertz CT molecular complexity index is 1090. The van der Waals surface area contributed by atoms with E-state index in [9.17, 15) is 14.7 Å². The fourth-order valence-electron chi connectivity index (χ4n) is 3.73. The van der Waals surface area contributed by atoms with Gasteiger partial charge < -0.3 is 19.3 Å². The summed E-state index contributed by atoms with van der Waals surface area (Å²) in [6.07, 6.45) is -3.22. The Morgan fingerprint density at radius 3 is 2.29 bits per heavy atom. The first-order valence-electron chi connectivity index (χ1n) is 11.4. The molecule has 0 aliphatic carbocycles. The number of benzene rings is 1. The van der Waals surface area contributed by atoms with Gasteiger partial charge >= 0.3 is 12.2 Å². The van der Waals surface area contributed by atoms with Gasteiger partial charge in [-0.05, 0) is 65.2 Å². The summed E-state index contributed by atoms with van der Waals surface area (Å²) >= 11 is 1.49. The average molecular weight is 501 g/mol. The Balaban J connectivity index is 1.78. The van der Waals surface area contributed by atoms with Crippen molar-refractivity contribution in [3.63, 3.8) is 0 Å². The van der Waals surface area contributed by atoms with Crippen LogP contribution in [0, 0.1) is 11.3 Å². The highest BCUT2D eigenvalue weighted by Gasteiger charge is 2.47. The molecule has 0 radical (unpaired) electrons. The third-order valence-electron chi connectivity index (χ3n) is 5.23. The van der Waals surface area contributed by atoms with Gasteiger partial charge in [0.1, 0.15) is 23.4 Å². The van der Waals surface area contributed by atoms with Crippen LogP contribution in [0.1, 0.15) is 52.7 Å². The van der Waals surface area contributed by atoms with Crippen LogP contribution < -0.4 is 0 Å². The molecule has 1 saturated heterocycles. The normalized spacial score (nSPS) is 20.3. The Kier molecular flexibility index (Phi) is 7.77. The van der Waals surface area contributed by atoms with Gasteiger partial charge in [-0.15, -0.1) is 11.3 Å². The number of rotatable bonds is 4. The molecule has 0 spiro atoms. The number of likely N-dealkylation sites (tertiary alicyclic amines) is 1. The van der Waals surface area contributed by atoms with Gasteiger partial charge in [0.2, 0.25) is 0 Å². The van der Waals surface area contributed by atoms with Gasteiger partial charge in [0.05, 0.1) is 18.2 Å². The van der Waals surface area contributed by atoms with E-state index in [4.69, 9.17) is 19.5 Å². The van der Waals surface area contributed by atoms with Gasteiger partial charge in [-0.1, -0.05) is 24.3 Å². The van der Waals surface area contributed by atoms with E-state index in [1.165, 1.54) is 16.2 Å². The largest absolute Gasteiger partial charge is 0.509 e. The molecule has 2 heterocycles. The fourth-order valence-corrected chi connectivity index (χ4v) is 4.57. The van der Waals surface area contributed by atoms with Crippen molar-refractivity contribution in [3.8, 4) is 16.5 Å². The van der Waals surface area contributed by atoms with Crippen LogP contribution >= 0.6 is 11.3 Å². The monoisotopic (exact) mass is 500 g/mol. The van der Waals surface area contributed by atoms with Crippen LogP contribution in [-0.4, -0.2) is 58.3 Å². The molecule has 9 heteroatoms. The first-order chi connectivity index (χ1) is 16.3. The summed E-state index contributed by atoms with van der Waals surface area (Å²) in [6.45, 7) is 10.4. The standard InChI is InChI=1S/C26H32N2O6S/c1-25(2,3)33-23(30)28-14-20(32-24(31)34-26(4,5)6)22(29)19(28)11-16-7-9-18(10-8-16)21-12-17(13-27)15-35-21/h7-10,12,15,19-20,22,29H,11,14H2,1-6H3/t19-,20+,22+/m1/s1. The molecular formula is C26H32N2O6S. The van der Waals surface area contributed by atoms with Gasteiger partial charge in [0.25, 0.3) is 0 Å². The highest BCUT2D eigenvalue weighted by Crippen LogP contribution is 2.30. The molecule has 1 fully saturated rings. The van der Waals surface area contributed by atoms with E-state index in [1.807, 2.05) is 35.7 Å². The van der Waals surface area contributed by atoms with Crippen molar-refractivity contribution in [2.75, 3.05) is 6.54 Å². The highest BCUT2D eigenvalue weighted by molar-refractivity contribution is 7.13. The lowest BCUT2D eigenvalue weighted by Crippen LogP contribution is -2.43. The molecule has 1 aliphatic heterocycles. The van der Waals surface area contributed by atoms with Crippen LogP contribution in [0.2, 0.25) is 0 Å². The maximum absolute atomic E-state index is 12.9. The van der Waals surface area contributed by atoms with Crippen LogP contribution in [0.5, 0.6) is 0 Å². The summed E-state index contributed by atoms with van der Waals surface area (Å²) in [5.74, 6) is 0. The highest BCUT2D eigenvalue weighted by atomic mass is 32.1. The number of aliphatic hydroxyl groups excluding tert-OH is 1. The van der Waals surface area contributed by atoms with E-state index < -0.39 is 41.7 Å². The number of hydrogen-bond acceptors (Lipinski definition) is 8. The number of hydrogen-bond donors (Lipinski definition) is 1. The average Bonchev–Trinajstić information content (AvgIpc) is 3.32. The first-order valence-corrected chi connectivity index (χ1v) is 12.3. The van der Waals surface area contributed by atoms with E-state index >= 15 is 0 Å². The van der Waals surface area contributed by atoms with Crippen LogP contribution in [0.15, 0.2) is 35.7 Å². The molecule has 8 nitrogen and oxygen atoms in total. The minimum absolute atomic E-state index is 0.00972. The Morgan fingerprint density at radius 1 is 1.11 bits per heavy atom. The summed E-state index contributed by atoms with van der Waals surface area (Å²) < 4.78 is 16.1. The van der Waals surface area contributed by atoms with Crippen LogP contribution in [-0.2, 0) is 20.6 Å². The smallest absolute Gasteiger partial charge is 0.444 e. The van der Waals surface area contributed by atoms with E-state index in [1.54, 1.807) is 41.5 Å². The number of ether oxygens (including phenoxy) is 3. The van der Waals surface area contributed by atoms with Gasteiger partial charge in [-0.25, -0.2) is 9.59 Å². The van der Waals surface area contributed by atoms with Gasteiger partial charge in [0, 0.05) is 10.3 Å². The fraction of sp³-hybridized carbons (Fsp3) is 0.500. The molecule has 188 valence electrons. The Labute approximate surface area is 210 Å². The molecular weight excluding hydrogens is 468 g/mol. The predicted molar refractivity (Wildman–Crippen MR) is 132 cm³/mol. The van der Waals surface area contributed by atoms with Crippen molar-refractivity contribution in [3.05, 3.63) is 46.8 Å². The number of carbonyl (C=O) groups excluding carboxylic acids is 2. The van der Waals surface area contributed by atoms with Gasteiger partial charge in [0.15, 0.2) is 6.10 Å². The maximum atomic E-state index is 12.9. The second-order valence-corrected chi connectivity index (χ2v) is 11.4. The lowest BCUT2D eigenvalue weighted by atomic mass is 10.00. The molecule has 35 heavy (non-hydrogen) atoms. The lowest BCUT2D eigenvalue weighted by molar-refractivity contribution is -0.0486. The SMILES string of the molecule is CC(C)(C)OC(=O)O[C@H]1CN(C(=O)OC(C)(C)C)[C@H](Cc2ccc(-c3cc(C#N)cs3)cc2)[C@@H]1O. The minimum atomic E-state index is -1.12. The summed E-state index contributed by atoms with van der Waals surface area (Å²) in [5.41, 5.74) is 1.01. The van der Waals surface area contributed by atoms with Crippen LogP contribution in [0.25, 0.3) is 10.4 Å². The molecule has 0 unspecified atom stereocenters. The molecule has 3 atom stereocenters. The zero-order valence-corrected chi connectivity index (χ0v) is 21.7. The summed E-state index contributed by atoms with van der Waals surface area (Å²) in [6, 6.07) is 11.0. The van der Waals surface area contributed by atoms with Crippen molar-refractivity contribution in [1.82, 2.24) is 4.90 Å². The second kappa shape index (κ2) is 10.3. The molecule has 1 aromatic carbocycles. The van der Waals surface area contributed by atoms with Crippen molar-refractivity contribution in [1.29, 1.82) is 5.26 Å². The summed E-state index contributed by atoms with van der Waals surface area (Å²) in [5, 5.41) is 21.9. The minimum Gasteiger partial charge on any atom is -0.444 e. The van der Waals surface area contributed by atoms with E-state index in [0.717, 1.165) is 16.0 Å². The molecule has 0 bridgehead atoms. The predicted octanol–water partition coefficient (Wildman–Crippen LogP) is 5.13. The molecule has 3 rings (SSSR count). The van der Waals surface area contributed by atoms with Crippen molar-refractivity contribution in [2.24, 2.45) is 0 Å². The van der Waals surface area contributed by atoms with Crippen LogP contribution in [0.3, 0.4) is 0 Å². The molecule has 0 saturated carbocycles. The Hall–Kier alpha value is -3.09. The molecule has 1 amide bonds. The van der Waals surface area contributed by atoms with Gasteiger partial charge in [-0.2, -0.15) is 5.26 Å². The quantitative estimate of drug-likeness (QED) is 0.580. The zero-order chi connectivity index (χ0) is 26.0. The molecule has 2 aromatic rings. The van der Waals surface area contributed by atoms with E-state index in [0.29, 0.717) is 12.0 Å². The van der Waals surface area contributed by atoms with Crippen molar-refractivity contribution >= 4 is 23.6 Å². The first kappa shape index (κ1) is 26.5. The Morgan fingerprint density at radius 2 is 1.74 bits per heavy atom. The number of nitriles is 1. The third kappa shape index (κ3) is 7.20. The van der Waals surface area contributed by atoms with Crippen molar-refractivity contribution in [2.45, 2.75) is 77.4 Å². The van der Waals surface area contributed by atoms with Crippen molar-refractivity contribution < 1.29 is 28.9 Å².